The molecule has 0 spiro atoms. The molecule has 0 aromatic heterocycles. The summed E-state index contributed by atoms with van der Waals surface area (Å²) in [6.07, 6.45) is 1.50. The Kier molecular flexibility index (Phi) is 8.69. The Labute approximate surface area is 198 Å². The number of hydrazone groups is 1. The molecule has 3 aromatic carbocycles. The van der Waals surface area contributed by atoms with Crippen molar-refractivity contribution >= 4 is 35.3 Å². The first-order valence-electron chi connectivity index (χ1n) is 10.00. The molecule has 3 aromatic rings. The van der Waals surface area contributed by atoms with Crippen LogP contribution >= 0.6 is 11.8 Å². The number of nitrogens with one attached hydrogen (secondary N) is 1. The Morgan fingerprint density at radius 1 is 0.941 bits per heavy atom. The van der Waals surface area contributed by atoms with Crippen molar-refractivity contribution in [1.82, 2.24) is 5.43 Å². The van der Waals surface area contributed by atoms with Gasteiger partial charge in [-0.1, -0.05) is 12.1 Å². The van der Waals surface area contributed by atoms with Crippen LogP contribution in [0.4, 0.5) is 11.4 Å². The van der Waals surface area contributed by atoms with Gasteiger partial charge >= 0.3 is 0 Å². The number of hydrogen-bond acceptors (Lipinski definition) is 8. The van der Waals surface area contributed by atoms with Crippen molar-refractivity contribution in [3.05, 3.63) is 110 Å². The Balaban J connectivity index is 1.39. The van der Waals surface area contributed by atoms with Crippen LogP contribution in [0.5, 0.6) is 5.75 Å². The van der Waals surface area contributed by atoms with Crippen molar-refractivity contribution in [2.75, 3.05) is 5.75 Å². The summed E-state index contributed by atoms with van der Waals surface area (Å²) < 4.78 is 5.67. The van der Waals surface area contributed by atoms with Crippen LogP contribution in [0.3, 0.4) is 0 Å². The number of thioether (sulfide) groups is 1. The number of hydrogen-bond donors (Lipinski definition) is 1. The van der Waals surface area contributed by atoms with Gasteiger partial charge in [-0.15, -0.1) is 11.8 Å². The highest BCUT2D eigenvalue weighted by atomic mass is 32.2. The lowest BCUT2D eigenvalue weighted by Crippen LogP contribution is -2.19. The molecule has 0 aliphatic heterocycles. The number of benzene rings is 3. The molecule has 1 N–H and O–H groups in total. The molecule has 0 bridgehead atoms. The number of rotatable bonds is 11. The van der Waals surface area contributed by atoms with E-state index in [0.29, 0.717) is 11.5 Å². The Morgan fingerprint density at radius 3 is 2.32 bits per heavy atom. The number of nitro groups is 2. The average molecular weight is 481 g/mol. The molecule has 0 saturated carbocycles. The standard InChI is InChI=1S/C23H20N4O6S/c28-23(16-34-15-19-2-1-3-21(12-19)27(31)32)25-24-13-17-6-10-22(11-7-17)33-14-18-4-8-20(9-5-18)26(29)30/h1-13H,14-16H2,(H,25,28)/b24-13-. The summed E-state index contributed by atoms with van der Waals surface area (Å²) in [7, 11) is 0. The van der Waals surface area contributed by atoms with Gasteiger partial charge in [0.25, 0.3) is 11.4 Å². The predicted molar refractivity (Wildman–Crippen MR) is 129 cm³/mol. The van der Waals surface area contributed by atoms with Crippen molar-refractivity contribution in [3.8, 4) is 5.75 Å². The van der Waals surface area contributed by atoms with Gasteiger partial charge in [0.1, 0.15) is 12.4 Å². The zero-order valence-corrected chi connectivity index (χ0v) is 18.6. The van der Waals surface area contributed by atoms with Crippen molar-refractivity contribution in [1.29, 1.82) is 0 Å². The minimum atomic E-state index is -0.452. The van der Waals surface area contributed by atoms with E-state index in [-0.39, 0.29) is 29.6 Å². The molecule has 0 aliphatic rings. The van der Waals surface area contributed by atoms with E-state index in [1.807, 2.05) is 0 Å². The maximum Gasteiger partial charge on any atom is 0.269 e. The molecule has 0 saturated heterocycles. The molecule has 0 heterocycles. The topological polar surface area (TPSA) is 137 Å². The second-order valence-corrected chi connectivity index (χ2v) is 7.98. The van der Waals surface area contributed by atoms with Gasteiger partial charge in [0, 0.05) is 30.0 Å². The minimum absolute atomic E-state index is 0.0231. The quantitative estimate of drug-likeness (QED) is 0.243. The van der Waals surface area contributed by atoms with Gasteiger partial charge in [-0.25, -0.2) is 5.43 Å². The number of ether oxygens (including phenoxy) is 1. The smallest absolute Gasteiger partial charge is 0.269 e. The molecule has 1 amide bonds. The molecule has 0 fully saturated rings. The molecule has 0 atom stereocenters. The lowest BCUT2D eigenvalue weighted by molar-refractivity contribution is -0.385. The number of amides is 1. The van der Waals surface area contributed by atoms with Gasteiger partial charge in [-0.3, -0.25) is 25.0 Å². The molecule has 3 rings (SSSR count). The minimum Gasteiger partial charge on any atom is -0.489 e. The average Bonchev–Trinajstić information content (AvgIpc) is 2.84. The van der Waals surface area contributed by atoms with Crippen molar-refractivity contribution in [2.24, 2.45) is 5.10 Å². The predicted octanol–water partition coefficient (Wildman–Crippen LogP) is 4.47. The van der Waals surface area contributed by atoms with Gasteiger partial charge in [-0.2, -0.15) is 5.10 Å². The number of carbonyl (C=O) groups is 1. The monoisotopic (exact) mass is 480 g/mol. The van der Waals surface area contributed by atoms with E-state index < -0.39 is 9.85 Å². The molecule has 10 nitrogen and oxygen atoms in total. The number of carbonyl (C=O) groups excluding carboxylic acids is 1. The van der Waals surface area contributed by atoms with E-state index in [1.165, 1.54) is 42.2 Å². The van der Waals surface area contributed by atoms with Gasteiger partial charge in [0.05, 0.1) is 21.8 Å². The maximum atomic E-state index is 11.9. The van der Waals surface area contributed by atoms with Gasteiger partial charge in [0.15, 0.2) is 0 Å². The highest BCUT2D eigenvalue weighted by molar-refractivity contribution is 7.99. The number of non-ortho nitro benzene ring substituents is 2. The van der Waals surface area contributed by atoms with Crippen LogP contribution in [0.2, 0.25) is 0 Å². The highest BCUT2D eigenvalue weighted by Crippen LogP contribution is 2.18. The normalized spacial score (nSPS) is 10.7. The summed E-state index contributed by atoms with van der Waals surface area (Å²) in [4.78, 5) is 32.5. The lowest BCUT2D eigenvalue weighted by atomic mass is 10.2. The SMILES string of the molecule is O=C(CSCc1cccc([N+](=O)[O-])c1)N/N=C\c1ccc(OCc2ccc([N+](=O)[O-])cc2)cc1. The summed E-state index contributed by atoms with van der Waals surface area (Å²) in [5.74, 6) is 0.974. The zero-order valence-electron chi connectivity index (χ0n) is 17.8. The van der Waals surface area contributed by atoms with Gasteiger partial charge in [0.2, 0.25) is 5.91 Å². The van der Waals surface area contributed by atoms with Crippen LogP contribution in [0.15, 0.2) is 77.9 Å². The first-order chi connectivity index (χ1) is 16.4. The van der Waals surface area contributed by atoms with Crippen LogP contribution in [0, 0.1) is 20.2 Å². The third-order valence-electron chi connectivity index (χ3n) is 4.46. The molecular formula is C23H20N4O6S. The number of nitro benzene ring substituents is 2. The summed E-state index contributed by atoms with van der Waals surface area (Å²) >= 11 is 1.33. The first-order valence-corrected chi connectivity index (χ1v) is 11.2. The van der Waals surface area contributed by atoms with E-state index in [4.69, 9.17) is 4.74 Å². The summed E-state index contributed by atoms with van der Waals surface area (Å²) in [5, 5.41) is 25.4. The third kappa shape index (κ3) is 7.71. The molecule has 174 valence electrons. The van der Waals surface area contributed by atoms with Crippen LogP contribution in [0.1, 0.15) is 16.7 Å². The zero-order chi connectivity index (χ0) is 24.3. The maximum absolute atomic E-state index is 11.9. The first kappa shape index (κ1) is 24.4. The molecule has 0 radical (unpaired) electrons. The van der Waals surface area contributed by atoms with Gasteiger partial charge in [-0.05, 0) is 53.1 Å². The Bertz CT molecular complexity index is 1180. The fourth-order valence-electron chi connectivity index (χ4n) is 2.76. The lowest BCUT2D eigenvalue weighted by Gasteiger charge is -2.06. The van der Waals surface area contributed by atoms with Gasteiger partial charge < -0.3 is 4.74 Å². The van der Waals surface area contributed by atoms with E-state index in [0.717, 1.165) is 16.7 Å². The summed E-state index contributed by atoms with van der Waals surface area (Å²) in [5.41, 5.74) is 4.83. The third-order valence-corrected chi connectivity index (χ3v) is 5.46. The summed E-state index contributed by atoms with van der Waals surface area (Å²) in [6, 6.07) is 19.5. The second kappa shape index (κ2) is 12.1. The van der Waals surface area contributed by atoms with E-state index in [2.05, 4.69) is 10.5 Å². The van der Waals surface area contributed by atoms with E-state index in [9.17, 15) is 25.0 Å². The molecule has 0 aliphatic carbocycles. The van der Waals surface area contributed by atoms with Crippen molar-refractivity contribution in [2.45, 2.75) is 12.4 Å². The molecule has 34 heavy (non-hydrogen) atoms. The summed E-state index contributed by atoms with van der Waals surface area (Å²) in [6.45, 7) is 0.273. The largest absolute Gasteiger partial charge is 0.489 e. The second-order valence-electron chi connectivity index (χ2n) is 6.99. The van der Waals surface area contributed by atoms with Crippen LogP contribution in [0.25, 0.3) is 0 Å². The fraction of sp³-hybridized carbons (Fsp3) is 0.130. The number of nitrogens with zero attached hydrogens (tertiary/aromatic N) is 3. The Hall–Kier alpha value is -4.25. The van der Waals surface area contributed by atoms with E-state index in [1.54, 1.807) is 48.5 Å². The highest BCUT2D eigenvalue weighted by Gasteiger charge is 2.07. The van der Waals surface area contributed by atoms with Crippen LogP contribution in [-0.4, -0.2) is 27.7 Å². The van der Waals surface area contributed by atoms with Crippen LogP contribution < -0.4 is 10.2 Å². The fourth-order valence-corrected chi connectivity index (χ4v) is 3.53. The van der Waals surface area contributed by atoms with Crippen molar-refractivity contribution in [3.63, 3.8) is 0 Å². The van der Waals surface area contributed by atoms with Crippen LogP contribution in [-0.2, 0) is 17.2 Å². The molecule has 11 heteroatoms. The molecule has 0 unspecified atom stereocenters. The van der Waals surface area contributed by atoms with Crippen molar-refractivity contribution < 1.29 is 19.4 Å². The Morgan fingerprint density at radius 2 is 1.65 bits per heavy atom. The molecular weight excluding hydrogens is 460 g/mol. The van der Waals surface area contributed by atoms with E-state index >= 15 is 0 Å².